The van der Waals surface area contributed by atoms with Crippen molar-refractivity contribution < 1.29 is 4.74 Å². The van der Waals surface area contributed by atoms with E-state index < -0.39 is 5.60 Å². The summed E-state index contributed by atoms with van der Waals surface area (Å²) in [6.45, 7) is 2.77. The summed E-state index contributed by atoms with van der Waals surface area (Å²) < 4.78 is 7.67. The minimum atomic E-state index is -0.456. The van der Waals surface area contributed by atoms with Crippen molar-refractivity contribution >= 4 is 5.82 Å². The SMILES string of the molecule is Cn1cc(-c2cc(NN)nc(C3(C)CCCCO3)n2)cn1. The quantitative estimate of drug-likeness (QED) is 0.658. The number of nitrogen functional groups attached to an aromatic ring is 1. The van der Waals surface area contributed by atoms with Crippen molar-refractivity contribution in [3.8, 4) is 11.3 Å². The summed E-state index contributed by atoms with van der Waals surface area (Å²) in [5.74, 6) is 6.78. The predicted octanol–water partition coefficient (Wildman–Crippen LogP) is 1.58. The second-order valence-electron chi connectivity index (χ2n) is 5.55. The summed E-state index contributed by atoms with van der Waals surface area (Å²) in [6, 6.07) is 1.81. The number of ether oxygens (including phenoxy) is 1. The highest BCUT2D eigenvalue weighted by Crippen LogP contribution is 2.34. The van der Waals surface area contributed by atoms with Gasteiger partial charge in [0.05, 0.1) is 11.9 Å². The maximum absolute atomic E-state index is 5.93. The summed E-state index contributed by atoms with van der Waals surface area (Å²) in [7, 11) is 1.87. The van der Waals surface area contributed by atoms with Crippen LogP contribution in [0.1, 0.15) is 32.0 Å². The van der Waals surface area contributed by atoms with E-state index in [-0.39, 0.29) is 0 Å². The van der Waals surface area contributed by atoms with Crippen molar-refractivity contribution in [1.29, 1.82) is 0 Å². The molecule has 0 saturated carbocycles. The van der Waals surface area contributed by atoms with Gasteiger partial charge in [-0.15, -0.1) is 0 Å². The van der Waals surface area contributed by atoms with Crippen molar-refractivity contribution in [2.45, 2.75) is 31.8 Å². The van der Waals surface area contributed by atoms with Crippen LogP contribution >= 0.6 is 0 Å². The van der Waals surface area contributed by atoms with Crippen molar-refractivity contribution in [2.75, 3.05) is 12.0 Å². The first kappa shape index (κ1) is 14.0. The van der Waals surface area contributed by atoms with Crippen molar-refractivity contribution in [2.24, 2.45) is 12.9 Å². The zero-order chi connectivity index (χ0) is 14.9. The van der Waals surface area contributed by atoms with Gasteiger partial charge >= 0.3 is 0 Å². The van der Waals surface area contributed by atoms with Gasteiger partial charge in [-0.05, 0) is 26.2 Å². The average molecular weight is 288 g/mol. The number of hydrogen-bond acceptors (Lipinski definition) is 6. The van der Waals surface area contributed by atoms with Gasteiger partial charge in [-0.2, -0.15) is 5.10 Å². The Morgan fingerprint density at radius 1 is 1.38 bits per heavy atom. The molecular weight excluding hydrogens is 268 g/mol. The van der Waals surface area contributed by atoms with E-state index in [9.17, 15) is 0 Å². The van der Waals surface area contributed by atoms with E-state index in [1.807, 2.05) is 26.2 Å². The van der Waals surface area contributed by atoms with E-state index in [1.165, 1.54) is 0 Å². The lowest BCUT2D eigenvalue weighted by molar-refractivity contribution is -0.0759. The smallest absolute Gasteiger partial charge is 0.162 e. The molecule has 0 spiro atoms. The molecule has 0 radical (unpaired) electrons. The Hall–Kier alpha value is -1.99. The van der Waals surface area contributed by atoms with Gasteiger partial charge in [0.2, 0.25) is 0 Å². The first-order valence-electron chi connectivity index (χ1n) is 7.10. The maximum atomic E-state index is 5.93. The summed E-state index contributed by atoms with van der Waals surface area (Å²) in [4.78, 5) is 9.16. The molecule has 2 aromatic rings. The monoisotopic (exact) mass is 288 g/mol. The summed E-state index contributed by atoms with van der Waals surface area (Å²) in [5.41, 5.74) is 3.87. The molecule has 7 nitrogen and oxygen atoms in total. The lowest BCUT2D eigenvalue weighted by atomic mass is 9.95. The fraction of sp³-hybridized carbons (Fsp3) is 0.500. The Morgan fingerprint density at radius 2 is 2.24 bits per heavy atom. The molecule has 0 aromatic carbocycles. The lowest BCUT2D eigenvalue weighted by Crippen LogP contribution is -2.32. The van der Waals surface area contributed by atoms with Crippen molar-refractivity contribution in [3.63, 3.8) is 0 Å². The largest absolute Gasteiger partial charge is 0.367 e. The number of aryl methyl sites for hydroxylation is 1. The van der Waals surface area contributed by atoms with Crippen LogP contribution in [0, 0.1) is 0 Å². The molecule has 1 aliphatic rings. The van der Waals surface area contributed by atoms with E-state index in [4.69, 9.17) is 10.6 Å². The second-order valence-corrected chi connectivity index (χ2v) is 5.55. The van der Waals surface area contributed by atoms with Gasteiger partial charge in [0.15, 0.2) is 5.82 Å². The Labute approximate surface area is 123 Å². The predicted molar refractivity (Wildman–Crippen MR) is 79.2 cm³/mol. The van der Waals surface area contributed by atoms with Crippen molar-refractivity contribution in [1.82, 2.24) is 19.7 Å². The molecule has 0 bridgehead atoms. The Balaban J connectivity index is 2.04. The number of nitrogens with two attached hydrogens (primary N) is 1. The fourth-order valence-corrected chi connectivity index (χ4v) is 2.57. The average Bonchev–Trinajstić information content (AvgIpc) is 2.94. The lowest BCUT2D eigenvalue weighted by Gasteiger charge is -2.32. The molecule has 7 heteroatoms. The molecule has 1 saturated heterocycles. The molecule has 3 N–H and O–H groups in total. The first-order valence-corrected chi connectivity index (χ1v) is 7.10. The number of nitrogens with zero attached hydrogens (tertiary/aromatic N) is 4. The normalized spacial score (nSPS) is 22.2. The van der Waals surface area contributed by atoms with Crippen LogP contribution in [0.4, 0.5) is 5.82 Å². The van der Waals surface area contributed by atoms with Gasteiger partial charge in [-0.1, -0.05) is 0 Å². The number of hydrazine groups is 1. The van der Waals surface area contributed by atoms with Crippen LogP contribution in [0.5, 0.6) is 0 Å². The summed E-state index contributed by atoms with van der Waals surface area (Å²) in [5, 5.41) is 4.18. The first-order chi connectivity index (χ1) is 10.1. The highest BCUT2D eigenvalue weighted by molar-refractivity contribution is 5.61. The maximum Gasteiger partial charge on any atom is 0.162 e. The third-order valence-electron chi connectivity index (χ3n) is 3.82. The number of rotatable bonds is 3. The zero-order valence-corrected chi connectivity index (χ0v) is 12.3. The standard InChI is InChI=1S/C14H20N6O/c1-14(5-3-4-6-21-14)13-17-11(7-12(18-13)19-15)10-8-16-20(2)9-10/h7-9H,3-6,15H2,1-2H3,(H,17,18,19). The van der Waals surface area contributed by atoms with Gasteiger partial charge in [0.25, 0.3) is 0 Å². The van der Waals surface area contributed by atoms with Gasteiger partial charge in [0, 0.05) is 31.5 Å². The van der Waals surface area contributed by atoms with E-state index in [1.54, 1.807) is 10.9 Å². The minimum Gasteiger partial charge on any atom is -0.367 e. The minimum absolute atomic E-state index is 0.456. The highest BCUT2D eigenvalue weighted by atomic mass is 16.5. The van der Waals surface area contributed by atoms with Crippen LogP contribution in [0.2, 0.25) is 0 Å². The van der Waals surface area contributed by atoms with Crippen LogP contribution in [-0.2, 0) is 17.4 Å². The van der Waals surface area contributed by atoms with Crippen LogP contribution < -0.4 is 11.3 Å². The zero-order valence-electron chi connectivity index (χ0n) is 12.3. The summed E-state index contributed by atoms with van der Waals surface area (Å²) >= 11 is 0. The highest BCUT2D eigenvalue weighted by Gasteiger charge is 2.33. The van der Waals surface area contributed by atoms with Crippen LogP contribution in [-0.4, -0.2) is 26.4 Å². The molecule has 1 atom stereocenters. The molecule has 1 aliphatic heterocycles. The Kier molecular flexibility index (Phi) is 3.60. The molecular formula is C14H20N6O. The third-order valence-corrected chi connectivity index (χ3v) is 3.82. The molecule has 1 fully saturated rings. The van der Waals surface area contributed by atoms with Crippen molar-refractivity contribution in [3.05, 3.63) is 24.3 Å². The number of hydrogen-bond donors (Lipinski definition) is 2. The van der Waals surface area contributed by atoms with Crippen LogP contribution in [0.15, 0.2) is 18.5 Å². The molecule has 0 aliphatic carbocycles. The Bertz CT molecular complexity index is 632. The molecule has 21 heavy (non-hydrogen) atoms. The number of anilines is 1. The van der Waals surface area contributed by atoms with Gasteiger partial charge in [0.1, 0.15) is 11.4 Å². The molecule has 0 amide bonds. The van der Waals surface area contributed by atoms with E-state index in [2.05, 4.69) is 20.5 Å². The molecule has 3 rings (SSSR count). The molecule has 3 heterocycles. The van der Waals surface area contributed by atoms with E-state index in [0.717, 1.165) is 37.1 Å². The third kappa shape index (κ3) is 2.74. The van der Waals surface area contributed by atoms with E-state index in [0.29, 0.717) is 11.6 Å². The van der Waals surface area contributed by atoms with Crippen LogP contribution in [0.3, 0.4) is 0 Å². The second kappa shape index (κ2) is 5.42. The Morgan fingerprint density at radius 3 is 2.86 bits per heavy atom. The van der Waals surface area contributed by atoms with Gasteiger partial charge < -0.3 is 10.2 Å². The van der Waals surface area contributed by atoms with Gasteiger partial charge in [-0.3, -0.25) is 4.68 Å². The topological polar surface area (TPSA) is 90.9 Å². The number of aromatic nitrogens is 4. The summed E-state index contributed by atoms with van der Waals surface area (Å²) in [6.07, 6.45) is 6.79. The van der Waals surface area contributed by atoms with Crippen LogP contribution in [0.25, 0.3) is 11.3 Å². The van der Waals surface area contributed by atoms with Gasteiger partial charge in [-0.25, -0.2) is 15.8 Å². The number of nitrogens with one attached hydrogen (secondary N) is 1. The molecule has 1 unspecified atom stereocenters. The molecule has 112 valence electrons. The molecule has 2 aromatic heterocycles. The fourth-order valence-electron chi connectivity index (χ4n) is 2.57. The van der Waals surface area contributed by atoms with E-state index >= 15 is 0 Å².